The molecule has 1 aliphatic rings. The summed E-state index contributed by atoms with van der Waals surface area (Å²) in [5, 5.41) is 4.40. The number of carbonyl (C=O) groups is 1. The maximum atomic E-state index is 12.9. The predicted octanol–water partition coefficient (Wildman–Crippen LogP) is 3.85. The molecule has 3 aromatic rings. The summed E-state index contributed by atoms with van der Waals surface area (Å²) in [5.41, 5.74) is 1.02. The quantitative estimate of drug-likeness (QED) is 0.758. The Morgan fingerprint density at radius 3 is 2.88 bits per heavy atom. The molecule has 1 aliphatic heterocycles. The van der Waals surface area contributed by atoms with Gasteiger partial charge in [0.1, 0.15) is 5.01 Å². The van der Waals surface area contributed by atoms with Gasteiger partial charge in [0.05, 0.1) is 20.0 Å². The van der Waals surface area contributed by atoms with E-state index in [4.69, 9.17) is 0 Å². The fourth-order valence-corrected chi connectivity index (χ4v) is 5.01. The van der Waals surface area contributed by atoms with Gasteiger partial charge in [0, 0.05) is 25.2 Å². The highest BCUT2D eigenvalue weighted by atomic mass is 32.1. The van der Waals surface area contributed by atoms with Crippen LogP contribution < -0.4 is 5.32 Å². The summed E-state index contributed by atoms with van der Waals surface area (Å²) in [6, 6.07) is 12.6. The fraction of sp³-hybridized carbons (Fsp3) is 0.333. The van der Waals surface area contributed by atoms with E-state index in [-0.39, 0.29) is 11.9 Å². The smallest absolute Gasteiger partial charge is 0.264 e. The van der Waals surface area contributed by atoms with Crippen LogP contribution in [-0.2, 0) is 0 Å². The zero-order chi connectivity index (χ0) is 16.7. The average molecular weight is 358 g/mol. The molecule has 124 valence electrons. The number of nitrogens with zero attached hydrogens (tertiary/aromatic N) is 2. The molecule has 0 aliphatic carbocycles. The number of benzene rings is 1. The number of nitrogens with one attached hydrogen (secondary N) is 1. The van der Waals surface area contributed by atoms with E-state index in [9.17, 15) is 4.79 Å². The van der Waals surface area contributed by atoms with Gasteiger partial charge in [-0.1, -0.05) is 12.1 Å². The molecule has 0 bridgehead atoms. The summed E-state index contributed by atoms with van der Waals surface area (Å²) < 4.78 is 1.18. The van der Waals surface area contributed by atoms with Crippen molar-refractivity contribution in [3.8, 4) is 9.88 Å². The number of para-hydroxylation sites is 1. The molecule has 1 fully saturated rings. The number of thiazole rings is 1. The lowest BCUT2D eigenvalue weighted by atomic mass is 10.1. The minimum absolute atomic E-state index is 0.133. The van der Waals surface area contributed by atoms with Crippen molar-refractivity contribution in [3.63, 3.8) is 0 Å². The van der Waals surface area contributed by atoms with Crippen molar-refractivity contribution in [2.75, 3.05) is 13.1 Å². The Labute approximate surface area is 149 Å². The van der Waals surface area contributed by atoms with Crippen molar-refractivity contribution >= 4 is 38.8 Å². The van der Waals surface area contributed by atoms with Crippen LogP contribution in [0.2, 0.25) is 0 Å². The van der Waals surface area contributed by atoms with Crippen molar-refractivity contribution < 1.29 is 4.79 Å². The van der Waals surface area contributed by atoms with Gasteiger partial charge in [0.2, 0.25) is 0 Å². The molecule has 1 amide bonds. The van der Waals surface area contributed by atoms with E-state index in [1.54, 1.807) is 22.7 Å². The van der Waals surface area contributed by atoms with Crippen LogP contribution in [0.15, 0.2) is 36.4 Å². The Morgan fingerprint density at radius 2 is 2.04 bits per heavy atom. The second-order valence-corrected chi connectivity index (χ2v) is 8.25. The lowest BCUT2D eigenvalue weighted by molar-refractivity contribution is 0.0608. The van der Waals surface area contributed by atoms with Gasteiger partial charge in [-0.3, -0.25) is 4.79 Å². The van der Waals surface area contributed by atoms with Gasteiger partial charge in [-0.05, 0) is 38.1 Å². The summed E-state index contributed by atoms with van der Waals surface area (Å²) in [7, 11) is 0. The van der Waals surface area contributed by atoms with Crippen molar-refractivity contribution in [2.45, 2.75) is 25.9 Å². The first-order valence-corrected chi connectivity index (χ1v) is 9.77. The van der Waals surface area contributed by atoms with Crippen LogP contribution in [0.3, 0.4) is 0 Å². The monoisotopic (exact) mass is 357 g/mol. The van der Waals surface area contributed by atoms with Crippen molar-refractivity contribution in [1.29, 1.82) is 0 Å². The van der Waals surface area contributed by atoms with Gasteiger partial charge in [-0.2, -0.15) is 0 Å². The SMILES string of the molecule is CC1NCCN(C(=O)c2ccc(-c3nc4ccccc4s3)s2)C1C. The van der Waals surface area contributed by atoms with E-state index in [1.807, 2.05) is 35.2 Å². The topological polar surface area (TPSA) is 45.2 Å². The molecular weight excluding hydrogens is 338 g/mol. The highest BCUT2D eigenvalue weighted by Crippen LogP contribution is 2.35. The van der Waals surface area contributed by atoms with Crippen molar-refractivity contribution in [3.05, 3.63) is 41.3 Å². The molecule has 24 heavy (non-hydrogen) atoms. The molecule has 3 heterocycles. The largest absolute Gasteiger partial charge is 0.332 e. The molecule has 0 radical (unpaired) electrons. The number of aromatic nitrogens is 1. The summed E-state index contributed by atoms with van der Waals surface area (Å²) in [6.07, 6.45) is 0. The van der Waals surface area contributed by atoms with Gasteiger partial charge in [0.15, 0.2) is 0 Å². The molecule has 2 atom stereocenters. The molecule has 4 rings (SSSR count). The van der Waals surface area contributed by atoms with E-state index in [1.165, 1.54) is 4.70 Å². The Bertz CT molecular complexity index is 852. The van der Waals surface area contributed by atoms with Gasteiger partial charge >= 0.3 is 0 Å². The van der Waals surface area contributed by atoms with Gasteiger partial charge in [-0.25, -0.2) is 4.98 Å². The zero-order valence-corrected chi connectivity index (χ0v) is 15.3. The van der Waals surface area contributed by atoms with E-state index < -0.39 is 0 Å². The number of amides is 1. The Morgan fingerprint density at radius 1 is 1.21 bits per heavy atom. The minimum Gasteiger partial charge on any atom is -0.332 e. The van der Waals surface area contributed by atoms with Crippen LogP contribution in [0.1, 0.15) is 23.5 Å². The molecule has 6 heteroatoms. The molecule has 2 aromatic heterocycles. The molecule has 4 nitrogen and oxygen atoms in total. The summed E-state index contributed by atoms with van der Waals surface area (Å²) in [5.74, 6) is 0.133. The minimum atomic E-state index is 0.133. The van der Waals surface area contributed by atoms with Gasteiger partial charge < -0.3 is 10.2 Å². The first-order chi connectivity index (χ1) is 11.6. The number of piperazine rings is 1. The fourth-order valence-electron chi connectivity index (χ4n) is 3.03. The molecule has 1 aromatic carbocycles. The first kappa shape index (κ1) is 15.7. The Kier molecular flexibility index (Phi) is 4.12. The van der Waals surface area contributed by atoms with E-state index in [0.717, 1.165) is 33.4 Å². The standard InChI is InChI=1S/C18H19N3OS2/c1-11-12(2)21(10-9-19-11)18(22)16-8-7-15(23-16)17-20-13-5-3-4-6-14(13)24-17/h3-8,11-12,19H,9-10H2,1-2H3. The second-order valence-electron chi connectivity index (χ2n) is 6.13. The predicted molar refractivity (Wildman–Crippen MR) is 101 cm³/mol. The molecule has 1 saturated heterocycles. The number of hydrogen-bond donors (Lipinski definition) is 1. The zero-order valence-electron chi connectivity index (χ0n) is 13.7. The number of fused-ring (bicyclic) bond motifs is 1. The van der Waals surface area contributed by atoms with Crippen LogP contribution in [-0.4, -0.2) is 41.0 Å². The highest BCUT2D eigenvalue weighted by molar-refractivity contribution is 7.26. The Hall–Kier alpha value is -1.76. The molecule has 2 unspecified atom stereocenters. The maximum Gasteiger partial charge on any atom is 0.264 e. The van der Waals surface area contributed by atoms with Crippen LogP contribution in [0.4, 0.5) is 0 Å². The molecule has 0 saturated carbocycles. The molecule has 0 spiro atoms. The number of thiophene rings is 1. The molecular formula is C18H19N3OS2. The average Bonchev–Trinajstić information content (AvgIpc) is 3.23. The lowest BCUT2D eigenvalue weighted by Crippen LogP contribution is -2.57. The van der Waals surface area contributed by atoms with Crippen molar-refractivity contribution in [1.82, 2.24) is 15.2 Å². The van der Waals surface area contributed by atoms with E-state index >= 15 is 0 Å². The van der Waals surface area contributed by atoms with E-state index in [0.29, 0.717) is 6.04 Å². The van der Waals surface area contributed by atoms with Gasteiger partial charge in [0.25, 0.3) is 5.91 Å². The second kappa shape index (κ2) is 6.27. The van der Waals surface area contributed by atoms with Crippen LogP contribution in [0.25, 0.3) is 20.1 Å². The maximum absolute atomic E-state index is 12.9. The number of hydrogen-bond acceptors (Lipinski definition) is 5. The highest BCUT2D eigenvalue weighted by Gasteiger charge is 2.29. The number of carbonyl (C=O) groups excluding carboxylic acids is 1. The van der Waals surface area contributed by atoms with Crippen LogP contribution >= 0.6 is 22.7 Å². The lowest BCUT2D eigenvalue weighted by Gasteiger charge is -2.38. The normalized spacial score (nSPS) is 21.3. The summed E-state index contributed by atoms with van der Waals surface area (Å²) in [4.78, 5) is 21.4. The molecule has 1 N–H and O–H groups in total. The first-order valence-electron chi connectivity index (χ1n) is 8.13. The van der Waals surface area contributed by atoms with Crippen LogP contribution in [0, 0.1) is 0 Å². The Balaban J connectivity index is 1.61. The van der Waals surface area contributed by atoms with Crippen LogP contribution in [0.5, 0.6) is 0 Å². The van der Waals surface area contributed by atoms with E-state index in [2.05, 4.69) is 30.2 Å². The van der Waals surface area contributed by atoms with Crippen molar-refractivity contribution in [2.24, 2.45) is 0 Å². The van der Waals surface area contributed by atoms with Gasteiger partial charge in [-0.15, -0.1) is 22.7 Å². The number of rotatable bonds is 2. The third-order valence-electron chi connectivity index (χ3n) is 4.62. The summed E-state index contributed by atoms with van der Waals surface area (Å²) in [6.45, 7) is 5.86. The third-order valence-corrected chi connectivity index (χ3v) is 6.90. The summed E-state index contributed by atoms with van der Waals surface area (Å²) >= 11 is 3.22. The third kappa shape index (κ3) is 2.75.